The number of hydrogen-bond donors (Lipinski definition) is 0. The number of esters is 1. The molecule has 1 aliphatic heterocycles. The summed E-state index contributed by atoms with van der Waals surface area (Å²) in [5, 5.41) is 9.54. The zero-order valence-corrected chi connectivity index (χ0v) is 15.4. The van der Waals surface area contributed by atoms with Gasteiger partial charge in [0.1, 0.15) is 17.3 Å². The third-order valence-electron chi connectivity index (χ3n) is 3.70. The summed E-state index contributed by atoms with van der Waals surface area (Å²) < 4.78 is 10.2. The second-order valence-corrected chi connectivity index (χ2v) is 6.90. The Kier molecular flexibility index (Phi) is 5.88. The molecule has 0 saturated carbocycles. The smallest absolute Gasteiger partial charge is 0.415 e. The summed E-state index contributed by atoms with van der Waals surface area (Å²) in [6, 6.07) is 11.1. The van der Waals surface area contributed by atoms with Crippen LogP contribution in [0.2, 0.25) is 0 Å². The lowest BCUT2D eigenvalue weighted by atomic mass is 10.1. The Balaban J connectivity index is 2.34. The molecule has 0 saturated heterocycles. The molecule has 0 radical (unpaired) electrons. The number of rotatable bonds is 3. The number of carbonyl (C=O) groups excluding carboxylic acids is 2. The molecule has 0 aliphatic carbocycles. The van der Waals surface area contributed by atoms with E-state index in [2.05, 4.69) is 6.07 Å². The molecular formula is C19H23N3O4. The first-order valence-corrected chi connectivity index (χ1v) is 8.25. The number of nitrogens with zero attached hydrogens (tertiary/aromatic N) is 3. The van der Waals surface area contributed by atoms with Gasteiger partial charge in [0.15, 0.2) is 0 Å². The molecule has 0 bridgehead atoms. The topological polar surface area (TPSA) is 82.9 Å². The second-order valence-electron chi connectivity index (χ2n) is 6.90. The van der Waals surface area contributed by atoms with Crippen molar-refractivity contribution in [1.29, 1.82) is 5.26 Å². The van der Waals surface area contributed by atoms with Crippen LogP contribution in [0.4, 0.5) is 4.79 Å². The first-order valence-electron chi connectivity index (χ1n) is 8.25. The van der Waals surface area contributed by atoms with E-state index < -0.39 is 23.7 Å². The molecule has 1 heterocycles. The van der Waals surface area contributed by atoms with E-state index in [-0.39, 0.29) is 12.2 Å². The molecule has 1 unspecified atom stereocenters. The van der Waals surface area contributed by atoms with Crippen LogP contribution in [0.3, 0.4) is 0 Å². The fraction of sp³-hybridized carbons (Fsp3) is 0.421. The first-order chi connectivity index (χ1) is 12.2. The van der Waals surface area contributed by atoms with Crippen LogP contribution in [0.15, 0.2) is 42.2 Å². The molecule has 0 fully saturated rings. The minimum atomic E-state index is -0.721. The number of ether oxygens (including phenoxy) is 2. The molecular weight excluding hydrogens is 334 g/mol. The van der Waals surface area contributed by atoms with Gasteiger partial charge in [-0.1, -0.05) is 30.3 Å². The van der Waals surface area contributed by atoms with Gasteiger partial charge in [-0.2, -0.15) is 5.26 Å². The fourth-order valence-corrected chi connectivity index (χ4v) is 2.52. The summed E-state index contributed by atoms with van der Waals surface area (Å²) in [4.78, 5) is 27.6. The normalized spacial score (nSPS) is 17.2. The van der Waals surface area contributed by atoms with E-state index in [4.69, 9.17) is 9.47 Å². The van der Waals surface area contributed by atoms with Crippen molar-refractivity contribution in [3.05, 3.63) is 47.8 Å². The molecule has 26 heavy (non-hydrogen) atoms. The van der Waals surface area contributed by atoms with Gasteiger partial charge in [-0.05, 0) is 26.3 Å². The lowest BCUT2D eigenvalue weighted by molar-refractivity contribution is -0.138. The van der Waals surface area contributed by atoms with Gasteiger partial charge in [-0.25, -0.2) is 9.59 Å². The standard InChI is InChI=1S/C19H23N3O4/c1-19(2,3)26-18(24)22-12-15(10-20)21(13-16(22)17(23)25-4)11-14-8-6-5-7-9-14/h5-9,13,15H,11-12H2,1-4H3. The van der Waals surface area contributed by atoms with Crippen molar-refractivity contribution in [2.75, 3.05) is 13.7 Å². The summed E-state index contributed by atoms with van der Waals surface area (Å²) >= 11 is 0. The molecule has 0 N–H and O–H groups in total. The first kappa shape index (κ1) is 19.3. The molecule has 1 atom stereocenters. The molecule has 1 aromatic rings. The minimum Gasteiger partial charge on any atom is -0.464 e. The molecule has 1 amide bonds. The van der Waals surface area contributed by atoms with Crippen molar-refractivity contribution < 1.29 is 19.1 Å². The van der Waals surface area contributed by atoms with E-state index >= 15 is 0 Å². The molecule has 1 aromatic carbocycles. The van der Waals surface area contributed by atoms with Gasteiger partial charge in [-0.15, -0.1) is 0 Å². The number of amides is 1. The molecule has 0 spiro atoms. The molecule has 7 heteroatoms. The van der Waals surface area contributed by atoms with Crippen molar-refractivity contribution in [3.8, 4) is 6.07 Å². The summed E-state index contributed by atoms with van der Waals surface area (Å²) in [7, 11) is 1.24. The van der Waals surface area contributed by atoms with E-state index in [0.717, 1.165) is 10.5 Å². The van der Waals surface area contributed by atoms with Crippen LogP contribution in [0.25, 0.3) is 0 Å². The largest absolute Gasteiger partial charge is 0.464 e. The Labute approximate surface area is 153 Å². The summed E-state index contributed by atoms with van der Waals surface area (Å²) in [5.41, 5.74) is 0.310. The van der Waals surface area contributed by atoms with Crippen LogP contribution >= 0.6 is 0 Å². The van der Waals surface area contributed by atoms with Crippen molar-refractivity contribution in [1.82, 2.24) is 9.80 Å². The minimum absolute atomic E-state index is 0.0131. The maximum absolute atomic E-state index is 12.5. The van der Waals surface area contributed by atoms with Crippen LogP contribution < -0.4 is 0 Å². The monoisotopic (exact) mass is 357 g/mol. The average molecular weight is 357 g/mol. The molecule has 2 rings (SSSR count). The fourth-order valence-electron chi connectivity index (χ4n) is 2.52. The Hall–Kier alpha value is -3.01. The van der Waals surface area contributed by atoms with E-state index in [1.807, 2.05) is 30.3 Å². The van der Waals surface area contributed by atoms with E-state index in [1.54, 1.807) is 25.7 Å². The Morgan fingerprint density at radius 3 is 2.46 bits per heavy atom. The van der Waals surface area contributed by atoms with Gasteiger partial charge >= 0.3 is 12.1 Å². The van der Waals surface area contributed by atoms with E-state index in [1.165, 1.54) is 13.3 Å². The third-order valence-corrected chi connectivity index (χ3v) is 3.70. The number of nitriles is 1. The van der Waals surface area contributed by atoms with E-state index in [9.17, 15) is 14.9 Å². The van der Waals surface area contributed by atoms with Gasteiger partial charge < -0.3 is 14.4 Å². The number of methoxy groups -OCH3 is 1. The Bertz CT molecular complexity index is 731. The highest BCUT2D eigenvalue weighted by atomic mass is 16.6. The van der Waals surface area contributed by atoms with Gasteiger partial charge in [-0.3, -0.25) is 4.90 Å². The van der Waals surface area contributed by atoms with Crippen LogP contribution in [-0.4, -0.2) is 47.2 Å². The molecule has 0 aromatic heterocycles. The number of hydrogen-bond acceptors (Lipinski definition) is 6. The second kappa shape index (κ2) is 7.91. The quantitative estimate of drug-likeness (QED) is 0.774. The van der Waals surface area contributed by atoms with Crippen LogP contribution in [-0.2, 0) is 20.8 Å². The predicted molar refractivity (Wildman–Crippen MR) is 94.4 cm³/mol. The Morgan fingerprint density at radius 2 is 1.92 bits per heavy atom. The Morgan fingerprint density at radius 1 is 1.27 bits per heavy atom. The van der Waals surface area contributed by atoms with Gasteiger partial charge in [0.05, 0.1) is 19.7 Å². The lowest BCUT2D eigenvalue weighted by Crippen LogP contribution is -2.50. The van der Waals surface area contributed by atoms with Crippen LogP contribution in [0.1, 0.15) is 26.3 Å². The highest BCUT2D eigenvalue weighted by Gasteiger charge is 2.36. The lowest BCUT2D eigenvalue weighted by Gasteiger charge is -2.37. The predicted octanol–water partition coefficient (Wildman–Crippen LogP) is 2.65. The van der Waals surface area contributed by atoms with Crippen molar-refractivity contribution in [2.24, 2.45) is 0 Å². The molecule has 1 aliphatic rings. The highest BCUT2D eigenvalue weighted by molar-refractivity contribution is 5.92. The average Bonchev–Trinajstić information content (AvgIpc) is 2.60. The van der Waals surface area contributed by atoms with Gasteiger partial charge in [0.2, 0.25) is 0 Å². The van der Waals surface area contributed by atoms with Crippen molar-refractivity contribution in [3.63, 3.8) is 0 Å². The highest BCUT2D eigenvalue weighted by Crippen LogP contribution is 2.23. The zero-order chi connectivity index (χ0) is 19.3. The van der Waals surface area contributed by atoms with Gasteiger partial charge in [0.25, 0.3) is 0 Å². The molecule has 7 nitrogen and oxygen atoms in total. The third kappa shape index (κ3) is 4.76. The van der Waals surface area contributed by atoms with E-state index in [0.29, 0.717) is 6.54 Å². The maximum Gasteiger partial charge on any atom is 0.415 e. The molecule has 138 valence electrons. The summed E-state index contributed by atoms with van der Waals surface area (Å²) in [6.45, 7) is 5.65. The zero-order valence-electron chi connectivity index (χ0n) is 15.4. The van der Waals surface area contributed by atoms with Gasteiger partial charge in [0, 0.05) is 12.7 Å². The van der Waals surface area contributed by atoms with Crippen LogP contribution in [0, 0.1) is 11.3 Å². The number of benzene rings is 1. The summed E-state index contributed by atoms with van der Waals surface area (Å²) in [5.74, 6) is -0.662. The van der Waals surface area contributed by atoms with Crippen molar-refractivity contribution >= 4 is 12.1 Å². The summed E-state index contributed by atoms with van der Waals surface area (Å²) in [6.07, 6.45) is 0.800. The van der Waals surface area contributed by atoms with Crippen LogP contribution in [0.5, 0.6) is 0 Å². The maximum atomic E-state index is 12.5. The SMILES string of the molecule is COC(=O)C1=CN(Cc2ccccc2)C(C#N)CN1C(=O)OC(C)(C)C. The van der Waals surface area contributed by atoms with Crippen molar-refractivity contribution in [2.45, 2.75) is 39.0 Å². The number of carbonyl (C=O) groups is 2.